The SMILES string of the molecule is NC1=C(C(=O)O)C=CI=C1. The Kier molecular flexibility index (Phi) is 2.21. The van der Waals surface area contributed by atoms with Crippen molar-refractivity contribution in [2.24, 2.45) is 5.73 Å². The van der Waals surface area contributed by atoms with Crippen LogP contribution < -0.4 is 5.73 Å². The molecule has 0 aromatic rings. The number of hydrogen-bond acceptors (Lipinski definition) is 2. The Morgan fingerprint density at radius 2 is 2.40 bits per heavy atom. The lowest BCUT2D eigenvalue weighted by Gasteiger charge is -2.00. The molecule has 3 N–H and O–H groups in total. The van der Waals surface area contributed by atoms with Crippen LogP contribution in [0.5, 0.6) is 0 Å². The number of allylic oxidation sites excluding steroid dienone is 1. The monoisotopic (exact) mass is 251 g/mol. The second-order valence-corrected chi connectivity index (χ2v) is 3.76. The minimum atomic E-state index is -0.950. The Bertz CT molecular complexity index is 252. The molecule has 0 spiro atoms. The maximum absolute atomic E-state index is 10.4. The van der Waals surface area contributed by atoms with Crippen LogP contribution in [0.25, 0.3) is 0 Å². The van der Waals surface area contributed by atoms with Crippen LogP contribution in [0.3, 0.4) is 0 Å². The predicted molar refractivity (Wildman–Crippen MR) is 48.1 cm³/mol. The zero-order valence-corrected chi connectivity index (χ0v) is 7.20. The Hall–Kier alpha value is -0.650. The molecule has 0 aromatic carbocycles. The first-order chi connectivity index (χ1) is 4.72. The lowest BCUT2D eigenvalue weighted by molar-refractivity contribution is -0.132. The molecule has 1 aliphatic rings. The summed E-state index contributed by atoms with van der Waals surface area (Å²) in [6.07, 6.45) is 1.57. The zero-order valence-electron chi connectivity index (χ0n) is 5.04. The summed E-state index contributed by atoms with van der Waals surface area (Å²) in [7, 11) is 0. The molecule has 1 aliphatic heterocycles. The van der Waals surface area contributed by atoms with Gasteiger partial charge in [0.25, 0.3) is 0 Å². The van der Waals surface area contributed by atoms with Crippen molar-refractivity contribution in [1.29, 1.82) is 0 Å². The van der Waals surface area contributed by atoms with E-state index < -0.39 is 5.97 Å². The van der Waals surface area contributed by atoms with Gasteiger partial charge in [-0.2, -0.15) is 0 Å². The number of nitrogens with two attached hydrogens (primary N) is 1. The summed E-state index contributed by atoms with van der Waals surface area (Å²) in [4.78, 5) is 10.4. The molecule has 0 bridgehead atoms. The van der Waals surface area contributed by atoms with Crippen molar-refractivity contribution in [2.45, 2.75) is 0 Å². The molecule has 0 radical (unpaired) electrons. The average molecular weight is 251 g/mol. The highest BCUT2D eigenvalue weighted by Gasteiger charge is 2.07. The third-order valence-corrected chi connectivity index (χ3v) is 2.83. The first-order valence-corrected chi connectivity index (χ1v) is 5.05. The van der Waals surface area contributed by atoms with Gasteiger partial charge in [-0.3, -0.25) is 0 Å². The summed E-state index contributed by atoms with van der Waals surface area (Å²) in [6, 6.07) is 0. The zero-order chi connectivity index (χ0) is 7.56. The molecule has 0 amide bonds. The first kappa shape index (κ1) is 7.46. The number of hydrogen-bond donors (Lipinski definition) is 2. The van der Waals surface area contributed by atoms with Crippen LogP contribution in [-0.2, 0) is 4.79 Å². The van der Waals surface area contributed by atoms with Gasteiger partial charge in [0.2, 0.25) is 0 Å². The number of halogens is 1. The predicted octanol–water partition coefficient (Wildman–Crippen LogP) is 0.584. The van der Waals surface area contributed by atoms with Crippen molar-refractivity contribution in [2.75, 3.05) is 0 Å². The van der Waals surface area contributed by atoms with E-state index in [2.05, 4.69) is 0 Å². The molecular formula is C6H6INO2. The molecule has 0 atom stereocenters. The van der Waals surface area contributed by atoms with Crippen LogP contribution in [0.2, 0.25) is 0 Å². The van der Waals surface area contributed by atoms with Crippen molar-refractivity contribution in [3.8, 4) is 0 Å². The van der Waals surface area contributed by atoms with Gasteiger partial charge in [-0.05, 0) is 14.2 Å². The van der Waals surface area contributed by atoms with Crippen LogP contribution in [0.1, 0.15) is 0 Å². The van der Waals surface area contributed by atoms with E-state index in [4.69, 9.17) is 10.8 Å². The van der Waals surface area contributed by atoms with Gasteiger partial charge in [-0.25, -0.2) is 4.79 Å². The molecule has 0 unspecified atom stereocenters. The molecule has 10 heavy (non-hydrogen) atoms. The molecule has 0 aromatic heterocycles. The molecule has 0 saturated heterocycles. The molecular weight excluding hydrogens is 245 g/mol. The van der Waals surface area contributed by atoms with Gasteiger partial charge in [-0.15, -0.1) is 0 Å². The maximum atomic E-state index is 10.4. The van der Waals surface area contributed by atoms with Crippen LogP contribution in [-0.4, -0.2) is 15.1 Å². The van der Waals surface area contributed by atoms with E-state index in [0.29, 0.717) is 5.70 Å². The largest absolute Gasteiger partial charge is 0.478 e. The average Bonchev–Trinajstić information content (AvgIpc) is 1.88. The van der Waals surface area contributed by atoms with Crippen LogP contribution >= 0.6 is 20.7 Å². The van der Waals surface area contributed by atoms with Crippen molar-refractivity contribution < 1.29 is 9.90 Å². The fourth-order valence-corrected chi connectivity index (χ4v) is 2.05. The highest BCUT2D eigenvalue weighted by atomic mass is 127. The number of carbonyl (C=O) groups is 1. The van der Waals surface area contributed by atoms with E-state index in [1.807, 2.05) is 4.08 Å². The molecule has 1 heterocycles. The minimum absolute atomic E-state index is 0.130. The van der Waals surface area contributed by atoms with Gasteiger partial charge in [0, 0.05) is 0 Å². The summed E-state index contributed by atoms with van der Waals surface area (Å²) in [5.41, 5.74) is 6.02. The second kappa shape index (κ2) is 2.96. The molecule has 0 fully saturated rings. The van der Waals surface area contributed by atoms with E-state index in [0.717, 1.165) is 0 Å². The maximum Gasteiger partial charge on any atom is 0.337 e. The summed E-state index contributed by atoms with van der Waals surface area (Å²) in [5.74, 6) is -0.950. The Morgan fingerprint density at radius 3 is 2.80 bits per heavy atom. The molecule has 0 aliphatic carbocycles. The minimum Gasteiger partial charge on any atom is -0.478 e. The van der Waals surface area contributed by atoms with E-state index in [1.165, 1.54) is 0 Å². The van der Waals surface area contributed by atoms with Gasteiger partial charge >= 0.3 is 5.97 Å². The van der Waals surface area contributed by atoms with Gasteiger partial charge in [-0.1, -0.05) is 20.7 Å². The summed E-state index contributed by atoms with van der Waals surface area (Å²) < 4.78 is 3.67. The van der Waals surface area contributed by atoms with E-state index in [-0.39, 0.29) is 26.3 Å². The molecule has 3 nitrogen and oxygen atoms in total. The van der Waals surface area contributed by atoms with Gasteiger partial charge in [0.05, 0.1) is 11.3 Å². The van der Waals surface area contributed by atoms with Gasteiger partial charge in [0.15, 0.2) is 0 Å². The lowest BCUT2D eigenvalue weighted by atomic mass is 10.2. The third-order valence-electron chi connectivity index (χ3n) is 1.02. The van der Waals surface area contributed by atoms with Crippen molar-refractivity contribution in [1.82, 2.24) is 0 Å². The fourth-order valence-electron chi connectivity index (χ4n) is 0.553. The van der Waals surface area contributed by atoms with Crippen molar-refractivity contribution >= 4 is 30.7 Å². The standard InChI is InChI=1S/C6H6INO2/c8-5-3-7-2-1-4(5)6(9)10/h1-3H,8H2,(H,9,10). The lowest BCUT2D eigenvalue weighted by Crippen LogP contribution is -2.10. The van der Waals surface area contributed by atoms with Crippen LogP contribution in [0.4, 0.5) is 0 Å². The topological polar surface area (TPSA) is 63.3 Å². The molecule has 4 heteroatoms. The number of carboxylic acids is 1. The first-order valence-electron chi connectivity index (χ1n) is 2.56. The summed E-state index contributed by atoms with van der Waals surface area (Å²) in [6.45, 7) is 0. The number of carboxylic acid groups (broad SMARTS) is 1. The third kappa shape index (κ3) is 1.44. The Labute approximate surface area is 68.0 Å². The van der Waals surface area contributed by atoms with Crippen LogP contribution in [0.15, 0.2) is 21.4 Å². The summed E-state index contributed by atoms with van der Waals surface area (Å²) in [5, 5.41) is 8.51. The van der Waals surface area contributed by atoms with Gasteiger partial charge in [0.1, 0.15) is 0 Å². The number of rotatable bonds is 1. The quantitative estimate of drug-likeness (QED) is 0.670. The van der Waals surface area contributed by atoms with E-state index in [1.54, 1.807) is 10.1 Å². The van der Waals surface area contributed by atoms with E-state index in [9.17, 15) is 4.79 Å². The molecule has 0 saturated carbocycles. The smallest absolute Gasteiger partial charge is 0.337 e. The highest BCUT2D eigenvalue weighted by Crippen LogP contribution is 2.12. The van der Waals surface area contributed by atoms with Crippen molar-refractivity contribution in [3.63, 3.8) is 0 Å². The molecule has 1 rings (SSSR count). The fraction of sp³-hybridized carbons (Fsp3) is 0. The number of aliphatic carboxylic acids is 1. The van der Waals surface area contributed by atoms with Crippen molar-refractivity contribution in [3.05, 3.63) is 21.4 Å². The Balaban J connectivity index is 3.04. The second-order valence-electron chi connectivity index (χ2n) is 1.70. The van der Waals surface area contributed by atoms with E-state index >= 15 is 0 Å². The highest BCUT2D eigenvalue weighted by molar-refractivity contribution is 14.2. The summed E-state index contributed by atoms with van der Waals surface area (Å²) >= 11 is -0.130. The molecule has 54 valence electrons. The normalized spacial score (nSPS) is 16.8. The van der Waals surface area contributed by atoms with Gasteiger partial charge < -0.3 is 10.8 Å². The Morgan fingerprint density at radius 1 is 1.70 bits per heavy atom. The van der Waals surface area contributed by atoms with Crippen LogP contribution in [0, 0.1) is 0 Å².